The Labute approximate surface area is 102 Å². The van der Waals surface area contributed by atoms with Crippen LogP contribution in [0.1, 0.15) is 34.3 Å². The van der Waals surface area contributed by atoms with Crippen LogP contribution in [0.15, 0.2) is 54.6 Å². The molecule has 1 atom stereocenters. The highest BCUT2D eigenvalue weighted by Gasteiger charge is 2.05. The predicted molar refractivity (Wildman–Crippen MR) is 70.4 cm³/mol. The summed E-state index contributed by atoms with van der Waals surface area (Å²) >= 11 is 0. The molecule has 86 valence electrons. The van der Waals surface area contributed by atoms with Gasteiger partial charge in [0.1, 0.15) is 6.29 Å². The highest BCUT2D eigenvalue weighted by atomic mass is 16.1. The third kappa shape index (κ3) is 3.04. The third-order valence-electron chi connectivity index (χ3n) is 3.03. The molecular formula is C16H16O. The third-order valence-corrected chi connectivity index (χ3v) is 3.03. The molecule has 2 aromatic rings. The molecule has 0 spiro atoms. The standard InChI is InChI=1S/C16H16O/c1-13(16-5-3-2-4-6-16)11-14-7-9-15(12-17)10-8-14/h2-10,12-13H,11H2,1H3. The van der Waals surface area contributed by atoms with E-state index in [0.717, 1.165) is 18.3 Å². The summed E-state index contributed by atoms with van der Waals surface area (Å²) in [5.74, 6) is 0.498. The van der Waals surface area contributed by atoms with Gasteiger partial charge in [0.05, 0.1) is 0 Å². The molecule has 2 rings (SSSR count). The molecule has 0 aliphatic rings. The summed E-state index contributed by atoms with van der Waals surface area (Å²) in [4.78, 5) is 10.6. The summed E-state index contributed by atoms with van der Waals surface area (Å²) in [6, 6.07) is 18.3. The highest BCUT2D eigenvalue weighted by molar-refractivity contribution is 5.74. The van der Waals surface area contributed by atoms with Crippen LogP contribution in [0, 0.1) is 0 Å². The van der Waals surface area contributed by atoms with Crippen LogP contribution < -0.4 is 0 Å². The van der Waals surface area contributed by atoms with E-state index >= 15 is 0 Å². The second-order valence-electron chi connectivity index (χ2n) is 4.38. The lowest BCUT2D eigenvalue weighted by Crippen LogP contribution is -1.98. The molecule has 0 bridgehead atoms. The monoisotopic (exact) mass is 224 g/mol. The zero-order chi connectivity index (χ0) is 12.1. The molecule has 0 heterocycles. The first-order chi connectivity index (χ1) is 8.29. The van der Waals surface area contributed by atoms with Crippen LogP contribution in [-0.2, 0) is 6.42 Å². The van der Waals surface area contributed by atoms with Crippen LogP contribution in [0.2, 0.25) is 0 Å². The van der Waals surface area contributed by atoms with E-state index in [1.807, 2.05) is 30.3 Å². The van der Waals surface area contributed by atoms with Crippen molar-refractivity contribution in [1.29, 1.82) is 0 Å². The normalized spacial score (nSPS) is 12.1. The summed E-state index contributed by atoms with van der Waals surface area (Å²) in [5.41, 5.74) is 3.36. The second-order valence-corrected chi connectivity index (χ2v) is 4.38. The number of benzene rings is 2. The van der Waals surface area contributed by atoms with Gasteiger partial charge in [-0.05, 0) is 23.5 Å². The van der Waals surface area contributed by atoms with E-state index in [1.54, 1.807) is 0 Å². The van der Waals surface area contributed by atoms with E-state index in [9.17, 15) is 4.79 Å². The summed E-state index contributed by atoms with van der Waals surface area (Å²) in [6.07, 6.45) is 1.88. The van der Waals surface area contributed by atoms with Gasteiger partial charge in [0.25, 0.3) is 0 Å². The molecule has 0 fully saturated rings. The fraction of sp³-hybridized carbons (Fsp3) is 0.188. The fourth-order valence-corrected chi connectivity index (χ4v) is 1.99. The lowest BCUT2D eigenvalue weighted by molar-refractivity contribution is 0.112. The fourth-order valence-electron chi connectivity index (χ4n) is 1.99. The lowest BCUT2D eigenvalue weighted by atomic mass is 9.93. The molecular weight excluding hydrogens is 208 g/mol. The maximum absolute atomic E-state index is 10.6. The number of carbonyl (C=O) groups excluding carboxylic acids is 1. The quantitative estimate of drug-likeness (QED) is 0.721. The minimum absolute atomic E-state index is 0.498. The Morgan fingerprint density at radius 1 is 1.00 bits per heavy atom. The summed E-state index contributed by atoms with van der Waals surface area (Å²) in [5, 5.41) is 0. The number of hydrogen-bond acceptors (Lipinski definition) is 1. The summed E-state index contributed by atoms with van der Waals surface area (Å²) in [6.45, 7) is 2.23. The van der Waals surface area contributed by atoms with Gasteiger partial charge in [-0.1, -0.05) is 61.5 Å². The van der Waals surface area contributed by atoms with Crippen molar-refractivity contribution in [3.05, 3.63) is 71.3 Å². The molecule has 0 aromatic heterocycles. The van der Waals surface area contributed by atoms with E-state index in [0.29, 0.717) is 5.92 Å². The molecule has 1 heteroatoms. The van der Waals surface area contributed by atoms with Crippen LogP contribution in [0.5, 0.6) is 0 Å². The average Bonchev–Trinajstić information content (AvgIpc) is 2.40. The van der Waals surface area contributed by atoms with Gasteiger partial charge in [-0.15, -0.1) is 0 Å². The van der Waals surface area contributed by atoms with Gasteiger partial charge < -0.3 is 0 Å². The van der Waals surface area contributed by atoms with E-state index in [1.165, 1.54) is 11.1 Å². The maximum Gasteiger partial charge on any atom is 0.150 e. The molecule has 2 aromatic carbocycles. The van der Waals surface area contributed by atoms with Crippen molar-refractivity contribution in [1.82, 2.24) is 0 Å². The van der Waals surface area contributed by atoms with Crippen molar-refractivity contribution in [2.24, 2.45) is 0 Å². The van der Waals surface area contributed by atoms with Crippen molar-refractivity contribution < 1.29 is 4.79 Å². The second kappa shape index (κ2) is 5.44. The zero-order valence-corrected chi connectivity index (χ0v) is 9.97. The summed E-state index contributed by atoms with van der Waals surface area (Å²) in [7, 11) is 0. The van der Waals surface area contributed by atoms with Gasteiger partial charge >= 0.3 is 0 Å². The largest absolute Gasteiger partial charge is 0.298 e. The van der Waals surface area contributed by atoms with Crippen molar-refractivity contribution in [2.45, 2.75) is 19.3 Å². The Balaban J connectivity index is 2.07. The molecule has 0 amide bonds. The van der Waals surface area contributed by atoms with Crippen LogP contribution in [0.25, 0.3) is 0 Å². The van der Waals surface area contributed by atoms with Gasteiger partial charge in [-0.2, -0.15) is 0 Å². The first-order valence-corrected chi connectivity index (χ1v) is 5.88. The van der Waals surface area contributed by atoms with E-state index < -0.39 is 0 Å². The van der Waals surface area contributed by atoms with Crippen molar-refractivity contribution >= 4 is 6.29 Å². The topological polar surface area (TPSA) is 17.1 Å². The zero-order valence-electron chi connectivity index (χ0n) is 9.97. The Bertz CT molecular complexity index is 471. The molecule has 1 unspecified atom stereocenters. The van der Waals surface area contributed by atoms with Crippen molar-refractivity contribution in [3.63, 3.8) is 0 Å². The first-order valence-electron chi connectivity index (χ1n) is 5.88. The van der Waals surface area contributed by atoms with Gasteiger partial charge in [0.2, 0.25) is 0 Å². The Morgan fingerprint density at radius 2 is 1.65 bits per heavy atom. The number of aldehydes is 1. The molecule has 0 radical (unpaired) electrons. The van der Waals surface area contributed by atoms with Crippen LogP contribution >= 0.6 is 0 Å². The van der Waals surface area contributed by atoms with Gasteiger partial charge in [-0.25, -0.2) is 0 Å². The lowest BCUT2D eigenvalue weighted by Gasteiger charge is -2.11. The smallest absolute Gasteiger partial charge is 0.150 e. The van der Waals surface area contributed by atoms with Gasteiger partial charge in [0.15, 0.2) is 0 Å². The maximum atomic E-state index is 10.6. The van der Waals surface area contributed by atoms with E-state index in [4.69, 9.17) is 0 Å². The molecule has 0 saturated heterocycles. The Kier molecular flexibility index (Phi) is 3.71. The first kappa shape index (κ1) is 11.6. The molecule has 0 aliphatic carbocycles. The number of rotatable bonds is 4. The van der Waals surface area contributed by atoms with Crippen LogP contribution in [0.3, 0.4) is 0 Å². The number of carbonyl (C=O) groups is 1. The van der Waals surface area contributed by atoms with E-state index in [-0.39, 0.29) is 0 Å². The van der Waals surface area contributed by atoms with Crippen LogP contribution in [0.4, 0.5) is 0 Å². The van der Waals surface area contributed by atoms with Crippen LogP contribution in [-0.4, -0.2) is 6.29 Å². The van der Waals surface area contributed by atoms with Gasteiger partial charge in [0, 0.05) is 5.56 Å². The van der Waals surface area contributed by atoms with Gasteiger partial charge in [-0.3, -0.25) is 4.79 Å². The SMILES string of the molecule is CC(Cc1ccc(C=O)cc1)c1ccccc1. The minimum Gasteiger partial charge on any atom is -0.298 e. The molecule has 0 aliphatic heterocycles. The number of hydrogen-bond donors (Lipinski definition) is 0. The Morgan fingerprint density at radius 3 is 2.24 bits per heavy atom. The molecule has 1 nitrogen and oxygen atoms in total. The molecule has 0 saturated carbocycles. The van der Waals surface area contributed by atoms with E-state index in [2.05, 4.69) is 31.2 Å². The molecule has 17 heavy (non-hydrogen) atoms. The average molecular weight is 224 g/mol. The minimum atomic E-state index is 0.498. The van der Waals surface area contributed by atoms with Crippen molar-refractivity contribution in [2.75, 3.05) is 0 Å². The molecule has 0 N–H and O–H groups in total. The van der Waals surface area contributed by atoms with Crippen molar-refractivity contribution in [3.8, 4) is 0 Å². The highest BCUT2D eigenvalue weighted by Crippen LogP contribution is 2.20. The predicted octanol–water partition coefficient (Wildman–Crippen LogP) is 3.85. The Hall–Kier alpha value is -1.89. The summed E-state index contributed by atoms with van der Waals surface area (Å²) < 4.78 is 0.